The van der Waals surface area contributed by atoms with E-state index < -0.39 is 0 Å². The molecule has 3 heteroatoms. The zero-order chi connectivity index (χ0) is 14.6. The molecule has 0 aliphatic rings. The van der Waals surface area contributed by atoms with Crippen LogP contribution in [0.3, 0.4) is 0 Å². The molecule has 2 nitrogen and oxygen atoms in total. The Hall–Kier alpha value is -1.46. The minimum atomic E-state index is -0.207. The average molecular weight is 293 g/mol. The number of ether oxygens (including phenoxy) is 1. The van der Waals surface area contributed by atoms with Gasteiger partial charge in [-0.1, -0.05) is 36.3 Å². The van der Waals surface area contributed by atoms with Crippen LogP contribution >= 0.6 is 11.6 Å². The molecule has 0 amide bonds. The molecule has 0 N–H and O–H groups in total. The molecule has 0 bridgehead atoms. The summed E-state index contributed by atoms with van der Waals surface area (Å²) >= 11 is 5.69. The maximum absolute atomic E-state index is 11.3. The van der Waals surface area contributed by atoms with Gasteiger partial charge in [0, 0.05) is 18.2 Å². The van der Waals surface area contributed by atoms with E-state index in [1.807, 2.05) is 18.2 Å². The van der Waals surface area contributed by atoms with Crippen molar-refractivity contribution in [3.05, 3.63) is 35.9 Å². The minimum Gasteiger partial charge on any atom is -0.469 e. The molecule has 1 aromatic carbocycles. The highest BCUT2D eigenvalue weighted by molar-refractivity contribution is 6.17. The molecule has 1 aromatic rings. The number of hydrogen-bond acceptors (Lipinski definition) is 2. The first-order valence-electron chi connectivity index (χ1n) is 6.91. The fourth-order valence-corrected chi connectivity index (χ4v) is 2.06. The van der Waals surface area contributed by atoms with Crippen LogP contribution in [0, 0.1) is 17.8 Å². The first-order chi connectivity index (χ1) is 9.76. The van der Waals surface area contributed by atoms with E-state index in [2.05, 4.69) is 24.0 Å². The van der Waals surface area contributed by atoms with Crippen LogP contribution < -0.4 is 0 Å². The number of methoxy groups -OCH3 is 1. The fraction of sp³-hybridized carbons (Fsp3) is 0.471. The zero-order valence-electron chi connectivity index (χ0n) is 11.9. The smallest absolute Gasteiger partial charge is 0.306 e. The van der Waals surface area contributed by atoms with Gasteiger partial charge in [-0.25, -0.2) is 0 Å². The Kier molecular flexibility index (Phi) is 8.58. The summed E-state index contributed by atoms with van der Waals surface area (Å²) in [5.74, 6) is 6.80. The Labute approximate surface area is 126 Å². The Balaban J connectivity index is 2.43. The molecule has 20 heavy (non-hydrogen) atoms. The summed E-state index contributed by atoms with van der Waals surface area (Å²) in [5.41, 5.74) is 1.28. The molecular weight excluding hydrogens is 272 g/mol. The van der Waals surface area contributed by atoms with Crippen molar-refractivity contribution in [1.29, 1.82) is 0 Å². The van der Waals surface area contributed by atoms with Crippen molar-refractivity contribution in [2.24, 2.45) is 5.92 Å². The second-order valence-corrected chi connectivity index (χ2v) is 4.99. The van der Waals surface area contributed by atoms with Gasteiger partial charge in [0.1, 0.15) is 0 Å². The summed E-state index contributed by atoms with van der Waals surface area (Å²) in [7, 11) is 1.41. The topological polar surface area (TPSA) is 26.3 Å². The van der Waals surface area contributed by atoms with Gasteiger partial charge >= 0.3 is 5.97 Å². The number of alkyl halides is 1. The predicted molar refractivity (Wildman–Crippen MR) is 82.6 cm³/mol. The summed E-state index contributed by atoms with van der Waals surface area (Å²) in [6.45, 7) is 0. The van der Waals surface area contributed by atoms with Gasteiger partial charge < -0.3 is 4.74 Å². The highest BCUT2D eigenvalue weighted by Gasteiger charge is 2.11. The lowest BCUT2D eigenvalue weighted by atomic mass is 10.00. The standard InChI is InChI=1S/C17H21ClO2/c1-20-17(19)14-16(12-7-13-18)11-6-5-10-15-8-3-2-4-9-15/h2-4,8-9,16H,5,7,10,12-14H2,1H3/t16-/m0/s1. The average Bonchev–Trinajstić information content (AvgIpc) is 2.49. The van der Waals surface area contributed by atoms with E-state index in [-0.39, 0.29) is 11.9 Å². The molecule has 0 aliphatic carbocycles. The molecule has 0 saturated heterocycles. The van der Waals surface area contributed by atoms with Gasteiger partial charge in [-0.2, -0.15) is 0 Å². The van der Waals surface area contributed by atoms with Gasteiger partial charge in [-0.15, -0.1) is 17.5 Å². The number of halogens is 1. The van der Waals surface area contributed by atoms with Gasteiger partial charge in [0.25, 0.3) is 0 Å². The van der Waals surface area contributed by atoms with Crippen LogP contribution in [0.25, 0.3) is 0 Å². The lowest BCUT2D eigenvalue weighted by Crippen LogP contribution is -2.08. The number of hydrogen-bond donors (Lipinski definition) is 0. The van der Waals surface area contributed by atoms with Gasteiger partial charge in [-0.05, 0) is 24.8 Å². The number of esters is 1. The summed E-state index contributed by atoms with van der Waals surface area (Å²) in [6, 6.07) is 10.3. The van der Waals surface area contributed by atoms with Crippen LogP contribution in [0.1, 0.15) is 31.2 Å². The van der Waals surface area contributed by atoms with Gasteiger partial charge in [0.15, 0.2) is 0 Å². The van der Waals surface area contributed by atoms with Crippen LogP contribution in [-0.2, 0) is 16.0 Å². The second kappa shape index (κ2) is 10.3. The van der Waals surface area contributed by atoms with Crippen molar-refractivity contribution in [3.8, 4) is 11.8 Å². The van der Waals surface area contributed by atoms with Crippen LogP contribution in [0.15, 0.2) is 30.3 Å². The SMILES string of the molecule is COC(=O)C[C@@H](C#CCCc1ccccc1)CCCCl. The molecule has 0 saturated carbocycles. The van der Waals surface area contributed by atoms with Gasteiger partial charge in [0.2, 0.25) is 0 Å². The van der Waals surface area contributed by atoms with E-state index in [1.54, 1.807) is 0 Å². The normalized spacial score (nSPS) is 11.3. The largest absolute Gasteiger partial charge is 0.469 e. The highest BCUT2D eigenvalue weighted by Crippen LogP contribution is 2.12. The summed E-state index contributed by atoms with van der Waals surface area (Å²) in [4.78, 5) is 11.3. The molecular formula is C17H21ClO2. The van der Waals surface area contributed by atoms with Crippen molar-refractivity contribution >= 4 is 17.6 Å². The predicted octanol–water partition coefficient (Wildman–Crippen LogP) is 3.82. The van der Waals surface area contributed by atoms with Crippen molar-refractivity contribution < 1.29 is 9.53 Å². The van der Waals surface area contributed by atoms with E-state index >= 15 is 0 Å². The maximum Gasteiger partial charge on any atom is 0.306 e. The molecule has 0 aliphatic heterocycles. The Bertz CT molecular complexity index is 445. The van der Waals surface area contributed by atoms with Crippen molar-refractivity contribution in [1.82, 2.24) is 0 Å². The van der Waals surface area contributed by atoms with Crippen LogP contribution in [0.4, 0.5) is 0 Å². The molecule has 0 spiro atoms. The Morgan fingerprint density at radius 3 is 2.75 bits per heavy atom. The van der Waals surface area contributed by atoms with Crippen molar-refractivity contribution in [3.63, 3.8) is 0 Å². The first kappa shape index (κ1) is 16.6. The molecule has 0 aromatic heterocycles. The van der Waals surface area contributed by atoms with Gasteiger partial charge in [0.05, 0.1) is 13.5 Å². The number of carbonyl (C=O) groups excluding carboxylic acids is 1. The third kappa shape index (κ3) is 7.21. The fourth-order valence-electron chi connectivity index (χ4n) is 1.90. The third-order valence-corrected chi connectivity index (χ3v) is 3.28. The highest BCUT2D eigenvalue weighted by atomic mass is 35.5. The van der Waals surface area contributed by atoms with E-state index in [1.165, 1.54) is 12.7 Å². The lowest BCUT2D eigenvalue weighted by Gasteiger charge is -2.07. The Morgan fingerprint density at radius 1 is 1.35 bits per heavy atom. The van der Waals surface area contributed by atoms with Crippen LogP contribution in [0.2, 0.25) is 0 Å². The maximum atomic E-state index is 11.3. The zero-order valence-corrected chi connectivity index (χ0v) is 12.7. The molecule has 108 valence electrons. The first-order valence-corrected chi connectivity index (χ1v) is 7.44. The van der Waals surface area contributed by atoms with E-state index in [9.17, 15) is 4.79 Å². The van der Waals surface area contributed by atoms with Crippen molar-refractivity contribution in [2.75, 3.05) is 13.0 Å². The molecule has 1 rings (SSSR count). The van der Waals surface area contributed by atoms with Crippen molar-refractivity contribution in [2.45, 2.75) is 32.1 Å². The Morgan fingerprint density at radius 2 is 2.10 bits per heavy atom. The molecule has 0 heterocycles. The van der Waals surface area contributed by atoms with E-state index in [0.29, 0.717) is 12.3 Å². The van der Waals surface area contributed by atoms with Crippen LogP contribution in [0.5, 0.6) is 0 Å². The van der Waals surface area contributed by atoms with Crippen LogP contribution in [-0.4, -0.2) is 19.0 Å². The van der Waals surface area contributed by atoms with Gasteiger partial charge in [-0.3, -0.25) is 4.79 Å². The number of aryl methyl sites for hydroxylation is 1. The number of carbonyl (C=O) groups is 1. The number of benzene rings is 1. The summed E-state index contributed by atoms with van der Waals surface area (Å²) in [5, 5.41) is 0. The second-order valence-electron chi connectivity index (χ2n) is 4.62. The molecule has 0 unspecified atom stereocenters. The number of rotatable bonds is 7. The summed E-state index contributed by atoms with van der Waals surface area (Å²) < 4.78 is 4.70. The van der Waals surface area contributed by atoms with E-state index in [0.717, 1.165) is 25.7 Å². The third-order valence-electron chi connectivity index (χ3n) is 3.01. The molecule has 1 atom stereocenters. The molecule has 0 radical (unpaired) electrons. The summed E-state index contributed by atoms with van der Waals surface area (Å²) in [6.07, 6.45) is 3.82. The lowest BCUT2D eigenvalue weighted by molar-refractivity contribution is -0.141. The minimum absolute atomic E-state index is 0.0528. The van der Waals surface area contributed by atoms with E-state index in [4.69, 9.17) is 16.3 Å². The quantitative estimate of drug-likeness (QED) is 0.434. The molecule has 0 fully saturated rings. The monoisotopic (exact) mass is 292 g/mol.